The molecule has 1 fully saturated rings. The van der Waals surface area contributed by atoms with E-state index in [1.165, 1.54) is 6.07 Å². The van der Waals surface area contributed by atoms with Crippen LogP contribution in [0, 0.1) is 12.7 Å². The molecule has 7 heteroatoms. The highest BCUT2D eigenvalue weighted by Crippen LogP contribution is 2.26. The molecule has 1 amide bonds. The minimum atomic E-state index is -0.251. The van der Waals surface area contributed by atoms with Crippen molar-refractivity contribution >= 4 is 5.91 Å². The first-order valence-corrected chi connectivity index (χ1v) is 9.64. The predicted octanol–water partition coefficient (Wildman–Crippen LogP) is 3.24. The van der Waals surface area contributed by atoms with Crippen molar-refractivity contribution in [2.45, 2.75) is 19.4 Å². The molecule has 1 aliphatic rings. The van der Waals surface area contributed by atoms with E-state index >= 15 is 0 Å². The first kappa shape index (κ1) is 19.3. The molecule has 0 spiro atoms. The Hall–Kier alpha value is -3.06. The van der Waals surface area contributed by atoms with Gasteiger partial charge in [0.05, 0.1) is 6.04 Å². The molecule has 29 heavy (non-hydrogen) atoms. The molecule has 1 saturated heterocycles. The van der Waals surface area contributed by atoms with Crippen LogP contribution in [0.2, 0.25) is 0 Å². The van der Waals surface area contributed by atoms with Crippen LogP contribution in [0.1, 0.15) is 23.1 Å². The number of carbonyl (C=O) groups is 1. The second-order valence-corrected chi connectivity index (χ2v) is 7.36. The van der Waals surface area contributed by atoms with Gasteiger partial charge in [-0.3, -0.25) is 9.69 Å². The maximum absolute atomic E-state index is 14.3. The van der Waals surface area contributed by atoms with Crippen molar-refractivity contribution in [3.8, 4) is 11.4 Å². The van der Waals surface area contributed by atoms with Gasteiger partial charge in [-0.2, -0.15) is 4.98 Å². The summed E-state index contributed by atoms with van der Waals surface area (Å²) < 4.78 is 19.6. The Morgan fingerprint density at radius 1 is 1.17 bits per heavy atom. The molecule has 0 aliphatic carbocycles. The lowest BCUT2D eigenvalue weighted by Crippen LogP contribution is -2.49. The molecular formula is C22H23FN4O2. The molecule has 6 nitrogen and oxygen atoms in total. The summed E-state index contributed by atoms with van der Waals surface area (Å²) in [5.74, 6) is 0.418. The van der Waals surface area contributed by atoms with Gasteiger partial charge in [0, 0.05) is 30.8 Å². The number of aryl methyl sites for hydroxylation is 1. The summed E-state index contributed by atoms with van der Waals surface area (Å²) in [5, 5.41) is 4.02. The van der Waals surface area contributed by atoms with Crippen LogP contribution >= 0.6 is 0 Å². The van der Waals surface area contributed by atoms with E-state index in [1.807, 2.05) is 44.3 Å². The number of rotatable bonds is 4. The van der Waals surface area contributed by atoms with Crippen molar-refractivity contribution in [3.63, 3.8) is 0 Å². The van der Waals surface area contributed by atoms with E-state index in [-0.39, 0.29) is 30.1 Å². The highest BCUT2D eigenvalue weighted by atomic mass is 19.1. The lowest BCUT2D eigenvalue weighted by atomic mass is 10.0. The minimum Gasteiger partial charge on any atom is -0.339 e. The van der Waals surface area contributed by atoms with Gasteiger partial charge in [0.25, 0.3) is 0 Å². The number of halogens is 1. The zero-order valence-electron chi connectivity index (χ0n) is 16.5. The number of piperazine rings is 1. The third-order valence-corrected chi connectivity index (χ3v) is 5.42. The Balaban J connectivity index is 1.46. The number of hydrogen-bond donors (Lipinski definition) is 0. The second kappa shape index (κ2) is 8.13. The lowest BCUT2D eigenvalue weighted by molar-refractivity contribution is -0.133. The quantitative estimate of drug-likeness (QED) is 0.680. The second-order valence-electron chi connectivity index (χ2n) is 7.36. The number of amides is 1. The molecule has 0 N–H and O–H groups in total. The normalized spacial score (nSPS) is 17.5. The number of benzene rings is 2. The fourth-order valence-electron chi connectivity index (χ4n) is 3.68. The standard InChI is InChI=1S/C22H23FN4O2/c1-15-7-3-4-8-16(15)22-24-20(29-25-22)13-21(28)27-12-11-26(2)19(14-27)17-9-5-6-10-18(17)23/h3-10,19H,11-14H2,1-2H3. The van der Waals surface area contributed by atoms with E-state index in [4.69, 9.17) is 4.52 Å². The summed E-state index contributed by atoms with van der Waals surface area (Å²) in [5.41, 5.74) is 2.53. The van der Waals surface area contributed by atoms with E-state index in [0.29, 0.717) is 31.0 Å². The smallest absolute Gasteiger partial charge is 0.236 e. The SMILES string of the molecule is Cc1ccccc1-c1noc(CC(=O)N2CCN(C)C(c3ccccc3F)C2)n1. The molecule has 1 aromatic heterocycles. The van der Waals surface area contributed by atoms with Gasteiger partial charge in [-0.05, 0) is 25.6 Å². The third kappa shape index (κ3) is 4.05. The monoisotopic (exact) mass is 394 g/mol. The first-order valence-electron chi connectivity index (χ1n) is 9.64. The van der Waals surface area contributed by atoms with Gasteiger partial charge in [0.1, 0.15) is 12.2 Å². The molecule has 0 bridgehead atoms. The lowest BCUT2D eigenvalue weighted by Gasteiger charge is -2.39. The average Bonchev–Trinajstić information content (AvgIpc) is 3.17. The van der Waals surface area contributed by atoms with Gasteiger partial charge >= 0.3 is 0 Å². The Morgan fingerprint density at radius 2 is 1.93 bits per heavy atom. The zero-order chi connectivity index (χ0) is 20.4. The molecule has 1 atom stereocenters. The highest BCUT2D eigenvalue weighted by Gasteiger charge is 2.30. The Morgan fingerprint density at radius 3 is 2.72 bits per heavy atom. The van der Waals surface area contributed by atoms with E-state index in [9.17, 15) is 9.18 Å². The van der Waals surface area contributed by atoms with Crippen LogP contribution in [0.5, 0.6) is 0 Å². The molecule has 0 radical (unpaired) electrons. The summed E-state index contributed by atoms with van der Waals surface area (Å²) in [6, 6.07) is 14.3. The number of carbonyl (C=O) groups excluding carboxylic acids is 1. The summed E-state index contributed by atoms with van der Waals surface area (Å²) in [6.07, 6.45) is 0.0343. The summed E-state index contributed by atoms with van der Waals surface area (Å²) in [4.78, 5) is 21.0. The van der Waals surface area contributed by atoms with Crippen molar-refractivity contribution in [1.82, 2.24) is 19.9 Å². The topological polar surface area (TPSA) is 62.5 Å². The van der Waals surface area contributed by atoms with Gasteiger partial charge < -0.3 is 9.42 Å². The maximum atomic E-state index is 14.3. The van der Waals surface area contributed by atoms with E-state index < -0.39 is 0 Å². The molecule has 2 aromatic carbocycles. The molecule has 1 unspecified atom stereocenters. The minimum absolute atomic E-state index is 0.0343. The molecule has 4 rings (SSSR count). The van der Waals surface area contributed by atoms with E-state index in [1.54, 1.807) is 17.0 Å². The van der Waals surface area contributed by atoms with Crippen molar-refractivity contribution in [2.75, 3.05) is 26.7 Å². The van der Waals surface area contributed by atoms with Gasteiger partial charge in [-0.25, -0.2) is 4.39 Å². The number of likely N-dealkylation sites (N-methyl/N-ethyl adjacent to an activating group) is 1. The van der Waals surface area contributed by atoms with Crippen LogP contribution in [-0.2, 0) is 11.2 Å². The fraction of sp³-hybridized carbons (Fsp3) is 0.318. The summed E-state index contributed by atoms with van der Waals surface area (Å²) >= 11 is 0. The fourth-order valence-corrected chi connectivity index (χ4v) is 3.68. The van der Waals surface area contributed by atoms with Gasteiger partial charge in [-0.1, -0.05) is 47.6 Å². The zero-order valence-corrected chi connectivity index (χ0v) is 16.5. The van der Waals surface area contributed by atoms with Crippen LogP contribution in [0.3, 0.4) is 0 Å². The van der Waals surface area contributed by atoms with Crippen LogP contribution in [0.4, 0.5) is 4.39 Å². The Bertz CT molecular complexity index is 1020. The molecule has 1 aliphatic heterocycles. The van der Waals surface area contributed by atoms with Crippen molar-refractivity contribution in [2.24, 2.45) is 0 Å². The van der Waals surface area contributed by atoms with E-state index in [2.05, 4.69) is 15.0 Å². The summed E-state index contributed by atoms with van der Waals surface area (Å²) in [7, 11) is 1.95. The molecule has 2 heterocycles. The first-order chi connectivity index (χ1) is 14.0. The largest absolute Gasteiger partial charge is 0.339 e. The summed E-state index contributed by atoms with van der Waals surface area (Å²) in [6.45, 7) is 3.65. The highest BCUT2D eigenvalue weighted by molar-refractivity contribution is 5.78. The molecule has 0 saturated carbocycles. The van der Waals surface area contributed by atoms with Gasteiger partial charge in [0.15, 0.2) is 0 Å². The van der Waals surface area contributed by atoms with Gasteiger partial charge in [0.2, 0.25) is 17.6 Å². The van der Waals surface area contributed by atoms with Crippen LogP contribution in [0.15, 0.2) is 53.1 Å². The number of hydrogen-bond acceptors (Lipinski definition) is 5. The maximum Gasteiger partial charge on any atom is 0.236 e. The van der Waals surface area contributed by atoms with Crippen molar-refractivity contribution < 1.29 is 13.7 Å². The van der Waals surface area contributed by atoms with Crippen molar-refractivity contribution in [3.05, 3.63) is 71.4 Å². The van der Waals surface area contributed by atoms with Crippen molar-refractivity contribution in [1.29, 1.82) is 0 Å². The molecule has 150 valence electrons. The van der Waals surface area contributed by atoms with Crippen LogP contribution in [0.25, 0.3) is 11.4 Å². The third-order valence-electron chi connectivity index (χ3n) is 5.42. The molecule has 3 aromatic rings. The Kier molecular flexibility index (Phi) is 5.40. The number of aromatic nitrogens is 2. The predicted molar refractivity (Wildman–Crippen MR) is 107 cm³/mol. The van der Waals surface area contributed by atoms with Crippen LogP contribution in [-0.4, -0.2) is 52.5 Å². The average molecular weight is 394 g/mol. The number of nitrogens with zero attached hydrogens (tertiary/aromatic N) is 4. The Labute approximate surface area is 168 Å². The van der Waals surface area contributed by atoms with Gasteiger partial charge in [-0.15, -0.1) is 0 Å². The van der Waals surface area contributed by atoms with Crippen LogP contribution < -0.4 is 0 Å². The molecular weight excluding hydrogens is 371 g/mol. The van der Waals surface area contributed by atoms with E-state index in [0.717, 1.165) is 11.1 Å².